The molecule has 0 saturated carbocycles. The number of aromatic carboxylic acids is 1. The van der Waals surface area contributed by atoms with Crippen LogP contribution in [0.2, 0.25) is 0 Å². The van der Waals surface area contributed by atoms with E-state index in [0.29, 0.717) is 17.1 Å². The van der Waals surface area contributed by atoms with Crippen LogP contribution in [0.15, 0.2) is 46.5 Å². The molecule has 0 saturated heterocycles. The van der Waals surface area contributed by atoms with Gasteiger partial charge in [0.1, 0.15) is 0 Å². The van der Waals surface area contributed by atoms with Crippen LogP contribution in [0, 0.1) is 10.8 Å². The van der Waals surface area contributed by atoms with Crippen LogP contribution in [-0.2, 0) is 4.79 Å². The largest absolute Gasteiger partial charge is 0.478 e. The number of ketones is 1. The summed E-state index contributed by atoms with van der Waals surface area (Å²) in [4.78, 5) is 28.3. The number of carboxylic acids is 1. The molecule has 0 bridgehead atoms. The van der Waals surface area contributed by atoms with Crippen LogP contribution in [0.3, 0.4) is 0 Å². The summed E-state index contributed by atoms with van der Waals surface area (Å²) in [5.41, 5.74) is 8.63. The van der Waals surface area contributed by atoms with E-state index in [-0.39, 0.29) is 22.2 Å². The number of nitrogens with zero attached hydrogens (tertiary/aromatic N) is 1. The van der Waals surface area contributed by atoms with Crippen molar-refractivity contribution < 1.29 is 14.7 Å². The number of allylic oxidation sites excluding steroid dienone is 4. The number of aliphatic imine (C=N–C) groups is 1. The second-order valence-electron chi connectivity index (χ2n) is 8.56. The second-order valence-corrected chi connectivity index (χ2v) is 8.56. The number of nitrogens with two attached hydrogens (primary N) is 1. The Labute approximate surface area is 154 Å². The first-order chi connectivity index (χ1) is 11.8. The Kier molecular flexibility index (Phi) is 4.95. The Morgan fingerprint density at radius 1 is 1.00 bits per heavy atom. The molecule has 26 heavy (non-hydrogen) atoms. The monoisotopic (exact) mass is 354 g/mol. The fraction of sp³-hybridized carbons (Fsp3) is 0.381. The Bertz CT molecular complexity index is 824. The highest BCUT2D eigenvalue weighted by atomic mass is 16.4. The van der Waals surface area contributed by atoms with E-state index >= 15 is 0 Å². The van der Waals surface area contributed by atoms with Crippen LogP contribution < -0.4 is 5.73 Å². The van der Waals surface area contributed by atoms with Crippen molar-refractivity contribution in [2.24, 2.45) is 15.8 Å². The van der Waals surface area contributed by atoms with Gasteiger partial charge in [0.2, 0.25) is 0 Å². The number of carbonyl (C=O) groups is 2. The summed E-state index contributed by atoms with van der Waals surface area (Å²) in [6, 6.07) is 4.45. The van der Waals surface area contributed by atoms with Crippen molar-refractivity contribution in [2.75, 3.05) is 5.73 Å². The van der Waals surface area contributed by atoms with Crippen molar-refractivity contribution in [3.8, 4) is 0 Å². The predicted molar refractivity (Wildman–Crippen MR) is 105 cm³/mol. The summed E-state index contributed by atoms with van der Waals surface area (Å²) < 4.78 is 0. The molecule has 5 nitrogen and oxygen atoms in total. The topological polar surface area (TPSA) is 92.8 Å². The molecule has 0 amide bonds. The molecule has 0 aromatic heterocycles. The van der Waals surface area contributed by atoms with Crippen LogP contribution in [0.4, 0.5) is 11.4 Å². The lowest BCUT2D eigenvalue weighted by Crippen LogP contribution is -2.29. The number of nitrogen functional groups attached to an aromatic ring is 1. The normalized spacial score (nSPS) is 15.5. The van der Waals surface area contributed by atoms with Crippen LogP contribution in [0.25, 0.3) is 0 Å². The standard InChI is InChI=1S/C21H26N2O3/c1-20(2,3)14-10-13(24)11-15(21(4,5)6)18(14)23-17-9-12(19(25)26)7-8-16(17)22/h7-11H,22H2,1-6H3,(H,25,26). The molecule has 0 fully saturated rings. The van der Waals surface area contributed by atoms with Crippen LogP contribution in [-0.4, -0.2) is 22.6 Å². The SMILES string of the molecule is CC(C)(C)C1=CC(=O)C=C(C(C)(C)C)C1=Nc1cc(C(=O)O)ccc1N. The van der Waals surface area contributed by atoms with Gasteiger partial charge in [-0.05, 0) is 52.3 Å². The maximum atomic E-state index is 12.3. The van der Waals surface area contributed by atoms with Gasteiger partial charge in [-0.25, -0.2) is 9.79 Å². The molecule has 5 heteroatoms. The minimum absolute atomic E-state index is 0.0638. The minimum atomic E-state index is -1.04. The predicted octanol–water partition coefficient (Wildman–Crippen LogP) is 4.57. The van der Waals surface area contributed by atoms with Gasteiger partial charge in [-0.1, -0.05) is 41.5 Å². The summed E-state index contributed by atoms with van der Waals surface area (Å²) >= 11 is 0. The van der Waals surface area contributed by atoms with Gasteiger partial charge in [0.15, 0.2) is 5.78 Å². The highest BCUT2D eigenvalue weighted by molar-refractivity contribution is 6.24. The Balaban J connectivity index is 2.75. The molecular formula is C21H26N2O3. The molecule has 0 spiro atoms. The third-order valence-corrected chi connectivity index (χ3v) is 4.21. The lowest BCUT2D eigenvalue weighted by Gasteiger charge is -2.33. The van der Waals surface area contributed by atoms with Gasteiger partial charge in [0, 0.05) is 0 Å². The van der Waals surface area contributed by atoms with Crippen molar-refractivity contribution in [1.82, 2.24) is 0 Å². The highest BCUT2D eigenvalue weighted by Gasteiger charge is 2.33. The highest BCUT2D eigenvalue weighted by Crippen LogP contribution is 2.39. The van der Waals surface area contributed by atoms with Gasteiger partial charge in [-0.3, -0.25) is 4.79 Å². The number of carboxylic acid groups (broad SMARTS) is 1. The fourth-order valence-electron chi connectivity index (χ4n) is 2.77. The van der Waals surface area contributed by atoms with Gasteiger partial charge < -0.3 is 10.8 Å². The average molecular weight is 354 g/mol. The van der Waals surface area contributed by atoms with E-state index in [2.05, 4.69) is 0 Å². The molecule has 1 aliphatic carbocycles. The van der Waals surface area contributed by atoms with Crippen molar-refractivity contribution in [3.63, 3.8) is 0 Å². The molecule has 138 valence electrons. The van der Waals surface area contributed by atoms with E-state index in [1.165, 1.54) is 18.2 Å². The first kappa shape index (κ1) is 19.6. The third kappa shape index (κ3) is 4.10. The summed E-state index contributed by atoms with van der Waals surface area (Å²) in [5.74, 6) is -1.10. The maximum absolute atomic E-state index is 12.3. The van der Waals surface area contributed by atoms with E-state index < -0.39 is 5.97 Å². The first-order valence-electron chi connectivity index (χ1n) is 8.51. The van der Waals surface area contributed by atoms with Gasteiger partial charge >= 0.3 is 5.97 Å². The molecule has 2 rings (SSSR count). The molecule has 0 aliphatic heterocycles. The second kappa shape index (κ2) is 6.56. The Morgan fingerprint density at radius 2 is 1.50 bits per heavy atom. The number of hydrogen-bond donors (Lipinski definition) is 2. The van der Waals surface area contributed by atoms with Crippen LogP contribution >= 0.6 is 0 Å². The number of anilines is 1. The summed E-state index contributed by atoms with van der Waals surface area (Å²) in [6.07, 6.45) is 3.20. The summed E-state index contributed by atoms with van der Waals surface area (Å²) in [6.45, 7) is 12.1. The van der Waals surface area contributed by atoms with Crippen LogP contribution in [0.5, 0.6) is 0 Å². The van der Waals surface area contributed by atoms with E-state index in [1.54, 1.807) is 12.2 Å². The molecule has 1 aromatic carbocycles. The lowest BCUT2D eigenvalue weighted by atomic mass is 9.72. The minimum Gasteiger partial charge on any atom is -0.478 e. The number of benzene rings is 1. The molecule has 1 aromatic rings. The van der Waals surface area contributed by atoms with Gasteiger partial charge in [0.25, 0.3) is 0 Å². The summed E-state index contributed by atoms with van der Waals surface area (Å²) in [5, 5.41) is 9.25. The smallest absolute Gasteiger partial charge is 0.335 e. The number of rotatable bonds is 2. The third-order valence-electron chi connectivity index (χ3n) is 4.21. The fourth-order valence-corrected chi connectivity index (χ4v) is 2.77. The summed E-state index contributed by atoms with van der Waals surface area (Å²) in [7, 11) is 0. The Morgan fingerprint density at radius 3 is 1.92 bits per heavy atom. The average Bonchev–Trinajstić information content (AvgIpc) is 2.48. The number of carbonyl (C=O) groups excluding carboxylic acids is 1. The van der Waals surface area contributed by atoms with E-state index in [1.807, 2.05) is 41.5 Å². The van der Waals surface area contributed by atoms with Gasteiger partial charge in [-0.2, -0.15) is 0 Å². The van der Waals surface area contributed by atoms with Crippen molar-refractivity contribution in [3.05, 3.63) is 47.1 Å². The van der Waals surface area contributed by atoms with Crippen LogP contribution in [0.1, 0.15) is 51.9 Å². The molecule has 0 heterocycles. The zero-order chi connectivity index (χ0) is 19.9. The van der Waals surface area contributed by atoms with E-state index in [9.17, 15) is 14.7 Å². The quantitative estimate of drug-likeness (QED) is 0.601. The molecule has 0 unspecified atom stereocenters. The van der Waals surface area contributed by atoms with E-state index in [4.69, 9.17) is 10.7 Å². The zero-order valence-electron chi connectivity index (χ0n) is 16.2. The zero-order valence-corrected chi connectivity index (χ0v) is 16.2. The number of hydrogen-bond acceptors (Lipinski definition) is 4. The Hall–Kier alpha value is -2.69. The van der Waals surface area contributed by atoms with Gasteiger partial charge in [0.05, 0.1) is 22.6 Å². The molecule has 0 atom stereocenters. The maximum Gasteiger partial charge on any atom is 0.335 e. The molecule has 3 N–H and O–H groups in total. The van der Waals surface area contributed by atoms with Crippen molar-refractivity contribution >= 4 is 28.8 Å². The van der Waals surface area contributed by atoms with Gasteiger partial charge in [-0.15, -0.1) is 0 Å². The lowest BCUT2D eigenvalue weighted by molar-refractivity contribution is -0.110. The molecule has 0 radical (unpaired) electrons. The molecule has 1 aliphatic rings. The van der Waals surface area contributed by atoms with E-state index in [0.717, 1.165) is 11.1 Å². The van der Waals surface area contributed by atoms with Crippen molar-refractivity contribution in [1.29, 1.82) is 0 Å². The first-order valence-corrected chi connectivity index (χ1v) is 8.51. The molecular weight excluding hydrogens is 328 g/mol. The van der Waals surface area contributed by atoms with Crippen molar-refractivity contribution in [2.45, 2.75) is 41.5 Å².